The van der Waals surface area contributed by atoms with Gasteiger partial charge in [0.15, 0.2) is 0 Å². The van der Waals surface area contributed by atoms with Crippen LogP contribution in [-0.4, -0.2) is 11.9 Å². The van der Waals surface area contributed by atoms with Crippen LogP contribution < -0.4 is 0 Å². The van der Waals surface area contributed by atoms with Crippen LogP contribution in [0.15, 0.2) is 24.3 Å². The minimum Gasteiger partial charge on any atom is -0.508 e. The highest BCUT2D eigenvalue weighted by molar-refractivity contribution is 5.30. The molecular formula is C12H18O2. The molecule has 0 amide bonds. The molecule has 0 aliphatic heterocycles. The first kappa shape index (κ1) is 12.7. The lowest BCUT2D eigenvalue weighted by molar-refractivity contribution is -0.0979. The molecule has 0 atom stereocenters. The summed E-state index contributed by atoms with van der Waals surface area (Å²) in [6.45, 7) is 8.59. The molecule has 2 heteroatoms. The number of phenolic OH excluding ortho intramolecular Hbond substituents is 1. The maximum absolute atomic E-state index is 9.10. The van der Waals surface area contributed by atoms with E-state index in [4.69, 9.17) is 9.90 Å². The third-order valence-corrected chi connectivity index (χ3v) is 2.53. The number of benzene rings is 1. The minimum atomic E-state index is 0.216. The first-order valence-electron chi connectivity index (χ1n) is 4.64. The van der Waals surface area contributed by atoms with Crippen LogP contribution >= 0.6 is 0 Å². The molecule has 0 aliphatic rings. The summed E-state index contributed by atoms with van der Waals surface area (Å²) in [5.41, 5.74) is 1.50. The zero-order chi connectivity index (χ0) is 11.2. The van der Waals surface area contributed by atoms with Crippen molar-refractivity contribution < 1.29 is 9.90 Å². The Balaban J connectivity index is 0.000000791. The first-order chi connectivity index (χ1) is 6.56. The van der Waals surface area contributed by atoms with Crippen molar-refractivity contribution in [2.45, 2.75) is 32.6 Å². The Morgan fingerprint density at radius 3 is 2.00 bits per heavy atom. The lowest BCUT2D eigenvalue weighted by Gasteiger charge is -2.22. The second-order valence-electron chi connectivity index (χ2n) is 3.78. The van der Waals surface area contributed by atoms with Crippen LogP contribution in [0.25, 0.3) is 0 Å². The summed E-state index contributed by atoms with van der Waals surface area (Å²) < 4.78 is 0. The Morgan fingerprint density at radius 1 is 1.21 bits per heavy atom. The molecule has 0 saturated carbocycles. The van der Waals surface area contributed by atoms with Gasteiger partial charge in [-0.3, -0.25) is 0 Å². The molecule has 0 unspecified atom stereocenters. The van der Waals surface area contributed by atoms with Crippen LogP contribution in [0, 0.1) is 0 Å². The topological polar surface area (TPSA) is 37.3 Å². The average molecular weight is 194 g/mol. The van der Waals surface area contributed by atoms with E-state index in [9.17, 15) is 0 Å². The van der Waals surface area contributed by atoms with Crippen LogP contribution in [0.4, 0.5) is 0 Å². The summed E-state index contributed by atoms with van der Waals surface area (Å²) in [6, 6.07) is 7.46. The highest BCUT2D eigenvalue weighted by atomic mass is 16.3. The number of hydrogen-bond acceptors (Lipinski definition) is 2. The van der Waals surface area contributed by atoms with Gasteiger partial charge in [0.25, 0.3) is 0 Å². The zero-order valence-corrected chi connectivity index (χ0v) is 9.08. The van der Waals surface area contributed by atoms with Gasteiger partial charge in [-0.05, 0) is 29.5 Å². The maximum Gasteiger partial charge on any atom is 0.115 e. The Bertz CT molecular complexity index is 262. The van der Waals surface area contributed by atoms with Gasteiger partial charge in [0.2, 0.25) is 0 Å². The van der Waals surface area contributed by atoms with Crippen molar-refractivity contribution in [3.05, 3.63) is 29.8 Å². The predicted octanol–water partition coefficient (Wildman–Crippen LogP) is 2.89. The van der Waals surface area contributed by atoms with Crippen molar-refractivity contribution in [3.8, 4) is 5.75 Å². The molecule has 2 nitrogen and oxygen atoms in total. The Labute approximate surface area is 85.6 Å². The van der Waals surface area contributed by atoms with Gasteiger partial charge in [-0.25, -0.2) is 0 Å². The molecule has 0 aliphatic carbocycles. The lowest BCUT2D eigenvalue weighted by atomic mass is 9.82. The van der Waals surface area contributed by atoms with Crippen LogP contribution in [0.3, 0.4) is 0 Å². The summed E-state index contributed by atoms with van der Waals surface area (Å²) in [5, 5.41) is 9.10. The molecule has 0 spiro atoms. The average Bonchev–Trinajstić information content (AvgIpc) is 2.21. The molecule has 1 rings (SSSR count). The van der Waals surface area contributed by atoms with Gasteiger partial charge in [-0.2, -0.15) is 0 Å². The number of aromatic hydroxyl groups is 1. The smallest absolute Gasteiger partial charge is 0.115 e. The second kappa shape index (κ2) is 5.43. The van der Waals surface area contributed by atoms with E-state index in [1.165, 1.54) is 5.56 Å². The maximum atomic E-state index is 9.10. The van der Waals surface area contributed by atoms with Gasteiger partial charge >= 0.3 is 0 Å². The first-order valence-corrected chi connectivity index (χ1v) is 4.64. The molecule has 0 aromatic heterocycles. The molecular weight excluding hydrogens is 176 g/mol. The molecule has 1 aromatic rings. The van der Waals surface area contributed by atoms with Gasteiger partial charge in [0.1, 0.15) is 12.5 Å². The molecule has 1 N–H and O–H groups in total. The quantitative estimate of drug-likeness (QED) is 0.786. The minimum absolute atomic E-state index is 0.216. The highest BCUT2D eigenvalue weighted by Crippen LogP contribution is 2.27. The highest BCUT2D eigenvalue weighted by Gasteiger charge is 2.16. The van der Waals surface area contributed by atoms with Crippen molar-refractivity contribution in [1.82, 2.24) is 0 Å². The summed E-state index contributed by atoms with van der Waals surface area (Å²) in [4.78, 5) is 8.00. The Hall–Kier alpha value is -1.31. The molecule has 78 valence electrons. The monoisotopic (exact) mass is 194 g/mol. The number of phenols is 1. The van der Waals surface area contributed by atoms with E-state index in [1.807, 2.05) is 18.9 Å². The lowest BCUT2D eigenvalue weighted by Crippen LogP contribution is -2.14. The second-order valence-corrected chi connectivity index (χ2v) is 3.78. The van der Waals surface area contributed by atoms with E-state index in [0.717, 1.165) is 6.42 Å². The van der Waals surface area contributed by atoms with E-state index in [1.54, 1.807) is 12.1 Å². The number of carbonyl (C=O) groups excluding carboxylic acids is 1. The molecule has 14 heavy (non-hydrogen) atoms. The van der Waals surface area contributed by atoms with Gasteiger partial charge < -0.3 is 9.90 Å². The summed E-state index contributed by atoms with van der Waals surface area (Å²) in [5.74, 6) is 0.339. The largest absolute Gasteiger partial charge is 0.508 e. The Kier molecular flexibility index (Phi) is 4.92. The van der Waals surface area contributed by atoms with Crippen molar-refractivity contribution in [3.63, 3.8) is 0 Å². The molecule has 1 aromatic carbocycles. The number of hydrogen-bond donors (Lipinski definition) is 1. The SMILES string of the molecule is C=O.CCC(C)(C)c1ccc(O)cc1. The van der Waals surface area contributed by atoms with Crippen molar-refractivity contribution >= 4 is 6.79 Å². The summed E-state index contributed by atoms with van der Waals surface area (Å²) >= 11 is 0. The van der Waals surface area contributed by atoms with Gasteiger partial charge in [-0.15, -0.1) is 0 Å². The van der Waals surface area contributed by atoms with E-state index < -0.39 is 0 Å². The Morgan fingerprint density at radius 2 is 1.64 bits per heavy atom. The summed E-state index contributed by atoms with van der Waals surface area (Å²) in [6.07, 6.45) is 1.11. The van der Waals surface area contributed by atoms with Gasteiger partial charge in [0, 0.05) is 0 Å². The van der Waals surface area contributed by atoms with Crippen LogP contribution in [-0.2, 0) is 10.2 Å². The molecule has 0 bridgehead atoms. The van der Waals surface area contributed by atoms with E-state index >= 15 is 0 Å². The molecule has 0 radical (unpaired) electrons. The zero-order valence-electron chi connectivity index (χ0n) is 9.08. The van der Waals surface area contributed by atoms with Crippen LogP contribution in [0.5, 0.6) is 5.75 Å². The molecule has 0 fully saturated rings. The molecule has 0 heterocycles. The standard InChI is InChI=1S/C11H16O.CH2O/c1-4-11(2,3)9-5-7-10(12)8-6-9;1-2/h5-8,12H,4H2,1-3H3;1H2. The van der Waals surface area contributed by atoms with Crippen LogP contribution in [0.1, 0.15) is 32.8 Å². The predicted molar refractivity (Wildman–Crippen MR) is 58.5 cm³/mol. The van der Waals surface area contributed by atoms with E-state index in [-0.39, 0.29) is 5.41 Å². The number of carbonyl (C=O) groups is 1. The third kappa shape index (κ3) is 3.21. The molecule has 0 saturated heterocycles. The van der Waals surface area contributed by atoms with Crippen molar-refractivity contribution in [2.24, 2.45) is 0 Å². The van der Waals surface area contributed by atoms with E-state index in [0.29, 0.717) is 5.75 Å². The fourth-order valence-corrected chi connectivity index (χ4v) is 1.12. The fourth-order valence-electron chi connectivity index (χ4n) is 1.12. The third-order valence-electron chi connectivity index (χ3n) is 2.53. The van der Waals surface area contributed by atoms with E-state index in [2.05, 4.69) is 20.8 Å². The van der Waals surface area contributed by atoms with Crippen molar-refractivity contribution in [2.75, 3.05) is 0 Å². The number of rotatable bonds is 2. The van der Waals surface area contributed by atoms with Gasteiger partial charge in [0.05, 0.1) is 0 Å². The van der Waals surface area contributed by atoms with Gasteiger partial charge in [-0.1, -0.05) is 32.9 Å². The normalized spacial score (nSPS) is 10.2. The van der Waals surface area contributed by atoms with Crippen molar-refractivity contribution in [1.29, 1.82) is 0 Å². The fraction of sp³-hybridized carbons (Fsp3) is 0.417. The van der Waals surface area contributed by atoms with Crippen LogP contribution in [0.2, 0.25) is 0 Å². The summed E-state index contributed by atoms with van der Waals surface area (Å²) in [7, 11) is 0.